The maximum atomic E-state index is 12.3. The summed E-state index contributed by atoms with van der Waals surface area (Å²) in [6.07, 6.45) is -3.50. The van der Waals surface area contributed by atoms with Crippen molar-refractivity contribution < 1.29 is 34.1 Å². The third-order valence-corrected chi connectivity index (χ3v) is 3.77. The number of hydrogen-bond acceptors (Lipinski definition) is 6. The number of carbonyl (C=O) groups excluding carboxylic acids is 2. The lowest BCUT2D eigenvalue weighted by Gasteiger charge is -2.24. The molecular weight excluding hydrogens is 318 g/mol. The number of aliphatic hydroxyl groups is 1. The summed E-state index contributed by atoms with van der Waals surface area (Å²) in [6, 6.07) is 7.71. The second-order valence-electron chi connectivity index (χ2n) is 5.56. The lowest BCUT2D eigenvalue weighted by Crippen LogP contribution is -2.45. The standard InChI is InChI=1S/C16H19NO7/c1-9-13(18)11(7-10-5-3-2-4-6-10)14(19)23-8-12(15(20)24-9)17-16(21)22/h2-6,9,11-13,17-18H,7-8H2,1H3,(H,21,22)/t9-,11+,12-,13-/m0/s1. The molecule has 0 spiro atoms. The first-order valence-electron chi connectivity index (χ1n) is 7.47. The highest BCUT2D eigenvalue weighted by atomic mass is 16.6. The van der Waals surface area contributed by atoms with Gasteiger partial charge in [0, 0.05) is 0 Å². The van der Waals surface area contributed by atoms with E-state index in [0.717, 1.165) is 5.56 Å². The number of benzene rings is 1. The summed E-state index contributed by atoms with van der Waals surface area (Å²) in [5.74, 6) is -2.55. The monoisotopic (exact) mass is 337 g/mol. The van der Waals surface area contributed by atoms with Crippen LogP contribution in [0.2, 0.25) is 0 Å². The predicted octanol–water partition coefficient (Wildman–Crippen LogP) is 0.331. The molecule has 1 aromatic rings. The Kier molecular flexibility index (Phi) is 5.75. The van der Waals surface area contributed by atoms with Crippen LogP contribution in [0.4, 0.5) is 4.79 Å². The minimum Gasteiger partial charge on any atom is -0.465 e. The van der Waals surface area contributed by atoms with Gasteiger partial charge in [0.2, 0.25) is 0 Å². The Morgan fingerprint density at radius 1 is 1.25 bits per heavy atom. The fraction of sp³-hybridized carbons (Fsp3) is 0.438. The minimum absolute atomic E-state index is 0.208. The quantitative estimate of drug-likeness (QED) is 0.679. The van der Waals surface area contributed by atoms with E-state index >= 15 is 0 Å². The van der Waals surface area contributed by atoms with Crippen molar-refractivity contribution in [3.63, 3.8) is 0 Å². The minimum atomic E-state index is -1.44. The second kappa shape index (κ2) is 7.78. The molecule has 130 valence electrons. The summed E-state index contributed by atoms with van der Waals surface area (Å²) in [7, 11) is 0. The highest BCUT2D eigenvalue weighted by molar-refractivity contribution is 5.82. The SMILES string of the molecule is C[C@@H]1OC(=O)[C@@H](NC(=O)O)COC(=O)[C@H](Cc2ccccc2)[C@H]1O. The molecule has 1 amide bonds. The van der Waals surface area contributed by atoms with E-state index in [1.807, 2.05) is 11.4 Å². The number of carbonyl (C=O) groups is 3. The summed E-state index contributed by atoms with van der Waals surface area (Å²) in [5.41, 5.74) is 0.816. The predicted molar refractivity (Wildman–Crippen MR) is 81.1 cm³/mol. The zero-order chi connectivity index (χ0) is 17.7. The van der Waals surface area contributed by atoms with Gasteiger partial charge in [-0.15, -0.1) is 0 Å². The highest BCUT2D eigenvalue weighted by Crippen LogP contribution is 2.20. The van der Waals surface area contributed by atoms with Gasteiger partial charge in [-0.1, -0.05) is 30.3 Å². The number of amides is 1. The first kappa shape index (κ1) is 17.7. The third-order valence-electron chi connectivity index (χ3n) is 3.77. The van der Waals surface area contributed by atoms with Crippen LogP contribution >= 0.6 is 0 Å². The van der Waals surface area contributed by atoms with Crippen LogP contribution < -0.4 is 5.32 Å². The molecular formula is C16H19NO7. The summed E-state index contributed by atoms with van der Waals surface area (Å²) >= 11 is 0. The largest absolute Gasteiger partial charge is 0.465 e. The van der Waals surface area contributed by atoms with Gasteiger partial charge in [-0.2, -0.15) is 0 Å². The Hall–Kier alpha value is -2.61. The molecule has 8 heteroatoms. The molecule has 1 saturated heterocycles. The number of ether oxygens (including phenoxy) is 2. The van der Waals surface area contributed by atoms with Gasteiger partial charge in [-0.25, -0.2) is 9.59 Å². The molecule has 1 aromatic carbocycles. The molecule has 0 unspecified atom stereocenters. The van der Waals surface area contributed by atoms with Gasteiger partial charge in [0.1, 0.15) is 18.8 Å². The number of carboxylic acid groups (broad SMARTS) is 1. The molecule has 1 aliphatic rings. The topological polar surface area (TPSA) is 122 Å². The van der Waals surface area contributed by atoms with Crippen molar-refractivity contribution in [1.82, 2.24) is 5.32 Å². The van der Waals surface area contributed by atoms with Crippen LogP contribution in [0, 0.1) is 5.92 Å². The fourth-order valence-corrected chi connectivity index (χ4v) is 2.46. The molecule has 1 fully saturated rings. The molecule has 3 N–H and O–H groups in total. The number of aliphatic hydroxyl groups excluding tert-OH is 1. The van der Waals surface area contributed by atoms with Crippen molar-refractivity contribution in [2.24, 2.45) is 5.92 Å². The Morgan fingerprint density at radius 2 is 1.92 bits per heavy atom. The van der Waals surface area contributed by atoms with E-state index in [0.29, 0.717) is 0 Å². The van der Waals surface area contributed by atoms with E-state index in [1.54, 1.807) is 24.3 Å². The van der Waals surface area contributed by atoms with E-state index in [-0.39, 0.29) is 6.42 Å². The van der Waals surface area contributed by atoms with Crippen molar-refractivity contribution in [1.29, 1.82) is 0 Å². The molecule has 0 aromatic heterocycles. The number of rotatable bonds is 3. The van der Waals surface area contributed by atoms with Crippen LogP contribution in [0.15, 0.2) is 30.3 Å². The molecule has 4 atom stereocenters. The number of cyclic esters (lactones) is 2. The number of hydrogen-bond donors (Lipinski definition) is 3. The van der Waals surface area contributed by atoms with E-state index in [1.165, 1.54) is 6.92 Å². The van der Waals surface area contributed by atoms with Crippen molar-refractivity contribution >= 4 is 18.0 Å². The van der Waals surface area contributed by atoms with Gasteiger partial charge in [0.15, 0.2) is 6.04 Å². The van der Waals surface area contributed by atoms with Crippen molar-refractivity contribution in [2.75, 3.05) is 6.61 Å². The molecule has 2 rings (SSSR count). The molecule has 0 saturated carbocycles. The smallest absolute Gasteiger partial charge is 0.405 e. The van der Waals surface area contributed by atoms with Crippen LogP contribution in [-0.2, 0) is 25.5 Å². The van der Waals surface area contributed by atoms with Crippen LogP contribution in [0.5, 0.6) is 0 Å². The van der Waals surface area contributed by atoms with E-state index in [4.69, 9.17) is 14.6 Å². The first-order chi connectivity index (χ1) is 11.4. The van der Waals surface area contributed by atoms with Crippen LogP contribution in [0.25, 0.3) is 0 Å². The summed E-state index contributed by atoms with van der Waals surface area (Å²) < 4.78 is 10.1. The van der Waals surface area contributed by atoms with Crippen LogP contribution in [-0.4, -0.2) is 53.1 Å². The molecule has 0 radical (unpaired) electrons. The van der Waals surface area contributed by atoms with E-state index < -0.39 is 48.8 Å². The van der Waals surface area contributed by atoms with Crippen molar-refractivity contribution in [2.45, 2.75) is 31.6 Å². The summed E-state index contributed by atoms with van der Waals surface area (Å²) in [6.45, 7) is 0.950. The third kappa shape index (κ3) is 4.45. The number of nitrogens with one attached hydrogen (secondary N) is 1. The lowest BCUT2D eigenvalue weighted by atomic mass is 9.91. The van der Waals surface area contributed by atoms with Gasteiger partial charge in [-0.05, 0) is 18.9 Å². The molecule has 0 aliphatic carbocycles. The van der Waals surface area contributed by atoms with Crippen LogP contribution in [0.1, 0.15) is 12.5 Å². The van der Waals surface area contributed by atoms with Gasteiger partial charge in [0.05, 0.1) is 5.92 Å². The Balaban J connectivity index is 2.19. The second-order valence-corrected chi connectivity index (χ2v) is 5.56. The first-order valence-corrected chi connectivity index (χ1v) is 7.47. The normalized spacial score (nSPS) is 27.9. The summed E-state index contributed by atoms with van der Waals surface area (Å²) in [4.78, 5) is 34.9. The number of esters is 2. The van der Waals surface area contributed by atoms with Crippen molar-refractivity contribution in [3.05, 3.63) is 35.9 Å². The van der Waals surface area contributed by atoms with E-state index in [9.17, 15) is 19.5 Å². The van der Waals surface area contributed by atoms with Gasteiger partial charge >= 0.3 is 18.0 Å². The Bertz CT molecular complexity index is 604. The van der Waals surface area contributed by atoms with E-state index in [2.05, 4.69) is 0 Å². The molecule has 0 bridgehead atoms. The zero-order valence-electron chi connectivity index (χ0n) is 13.0. The zero-order valence-corrected chi connectivity index (χ0v) is 13.0. The molecule has 1 heterocycles. The lowest BCUT2D eigenvalue weighted by molar-refractivity contribution is -0.159. The van der Waals surface area contributed by atoms with Gasteiger partial charge in [0.25, 0.3) is 0 Å². The average Bonchev–Trinajstić information content (AvgIpc) is 2.58. The van der Waals surface area contributed by atoms with Gasteiger partial charge in [-0.3, -0.25) is 4.79 Å². The van der Waals surface area contributed by atoms with Crippen LogP contribution in [0.3, 0.4) is 0 Å². The average molecular weight is 337 g/mol. The maximum absolute atomic E-state index is 12.3. The fourth-order valence-electron chi connectivity index (χ4n) is 2.46. The van der Waals surface area contributed by atoms with Gasteiger partial charge < -0.3 is 25.0 Å². The maximum Gasteiger partial charge on any atom is 0.405 e. The Labute approximate surface area is 138 Å². The molecule has 24 heavy (non-hydrogen) atoms. The molecule has 8 nitrogen and oxygen atoms in total. The highest BCUT2D eigenvalue weighted by Gasteiger charge is 2.38. The molecule has 1 aliphatic heterocycles. The van der Waals surface area contributed by atoms with Crippen molar-refractivity contribution in [3.8, 4) is 0 Å². The Morgan fingerprint density at radius 3 is 2.54 bits per heavy atom. The summed E-state index contributed by atoms with van der Waals surface area (Å²) in [5, 5.41) is 21.0.